The van der Waals surface area contributed by atoms with E-state index in [1.807, 2.05) is 24.3 Å². The van der Waals surface area contributed by atoms with Gasteiger partial charge in [0.2, 0.25) is 0 Å². The van der Waals surface area contributed by atoms with Crippen LogP contribution in [0.4, 0.5) is 13.2 Å². The molecule has 1 aromatic heterocycles. The summed E-state index contributed by atoms with van der Waals surface area (Å²) in [6.45, 7) is 0.157. The van der Waals surface area contributed by atoms with Crippen molar-refractivity contribution in [2.45, 2.75) is 31.2 Å². The predicted octanol–water partition coefficient (Wildman–Crippen LogP) is 3.15. The standard InChI is InChI=1S/C17H17F3N2O/c18-17(19,20)16(9-12-5-7-21-8-6-12)22-11-14-10-13-3-1-2-4-15(13)23-14/h1-8,14,16,22H,9-11H2/t14-,16-/m0/s1. The van der Waals surface area contributed by atoms with Gasteiger partial charge in [-0.3, -0.25) is 4.98 Å². The highest BCUT2D eigenvalue weighted by Crippen LogP contribution is 2.28. The molecule has 0 spiro atoms. The summed E-state index contributed by atoms with van der Waals surface area (Å²) in [7, 11) is 0. The Labute approximate surface area is 132 Å². The number of hydrogen-bond donors (Lipinski definition) is 1. The van der Waals surface area contributed by atoms with Crippen LogP contribution in [-0.4, -0.2) is 29.9 Å². The van der Waals surface area contributed by atoms with E-state index in [2.05, 4.69) is 10.3 Å². The first kappa shape index (κ1) is 15.8. The fourth-order valence-corrected chi connectivity index (χ4v) is 2.70. The fraction of sp³-hybridized carbons (Fsp3) is 0.353. The Morgan fingerprint density at radius 3 is 2.61 bits per heavy atom. The quantitative estimate of drug-likeness (QED) is 0.918. The van der Waals surface area contributed by atoms with Gasteiger partial charge in [0.25, 0.3) is 0 Å². The lowest BCUT2D eigenvalue weighted by Crippen LogP contribution is -2.47. The number of halogens is 3. The second-order valence-corrected chi connectivity index (χ2v) is 5.61. The van der Waals surface area contributed by atoms with Crippen LogP contribution < -0.4 is 10.1 Å². The molecule has 1 N–H and O–H groups in total. The maximum Gasteiger partial charge on any atom is 0.404 e. The summed E-state index contributed by atoms with van der Waals surface area (Å²) < 4.78 is 45.4. The van der Waals surface area contributed by atoms with Gasteiger partial charge in [0.15, 0.2) is 0 Å². The Balaban J connectivity index is 1.60. The summed E-state index contributed by atoms with van der Waals surface area (Å²) in [6, 6.07) is 9.14. The van der Waals surface area contributed by atoms with Gasteiger partial charge in [0.1, 0.15) is 17.9 Å². The third-order valence-corrected chi connectivity index (χ3v) is 3.89. The van der Waals surface area contributed by atoms with Crippen molar-refractivity contribution in [1.82, 2.24) is 10.3 Å². The van der Waals surface area contributed by atoms with Crippen LogP contribution in [0.15, 0.2) is 48.8 Å². The molecular formula is C17H17F3N2O. The number of fused-ring (bicyclic) bond motifs is 1. The second-order valence-electron chi connectivity index (χ2n) is 5.61. The molecule has 0 fully saturated rings. The van der Waals surface area contributed by atoms with E-state index in [4.69, 9.17) is 4.74 Å². The fourth-order valence-electron chi connectivity index (χ4n) is 2.70. The summed E-state index contributed by atoms with van der Waals surface area (Å²) >= 11 is 0. The van der Waals surface area contributed by atoms with E-state index in [0.717, 1.165) is 11.3 Å². The van der Waals surface area contributed by atoms with Crippen molar-refractivity contribution in [3.8, 4) is 5.75 Å². The van der Waals surface area contributed by atoms with E-state index in [1.54, 1.807) is 12.1 Å². The SMILES string of the molecule is FC(F)(F)[C@H](Cc1ccncc1)NC[C@@H]1Cc2ccccc2O1. The minimum atomic E-state index is -4.31. The number of benzene rings is 1. The smallest absolute Gasteiger partial charge is 0.404 e. The zero-order chi connectivity index (χ0) is 16.3. The van der Waals surface area contributed by atoms with Crippen LogP contribution in [0.1, 0.15) is 11.1 Å². The molecule has 6 heteroatoms. The predicted molar refractivity (Wildman–Crippen MR) is 80.3 cm³/mol. The van der Waals surface area contributed by atoms with Gasteiger partial charge in [-0.1, -0.05) is 18.2 Å². The maximum absolute atomic E-state index is 13.2. The van der Waals surface area contributed by atoms with Crippen molar-refractivity contribution in [1.29, 1.82) is 0 Å². The molecule has 1 aliphatic rings. The zero-order valence-corrected chi connectivity index (χ0v) is 12.4. The first-order valence-electron chi connectivity index (χ1n) is 7.46. The Hall–Kier alpha value is -2.08. The molecule has 0 bridgehead atoms. The highest BCUT2D eigenvalue weighted by Gasteiger charge is 2.40. The van der Waals surface area contributed by atoms with Gasteiger partial charge in [-0.25, -0.2) is 0 Å². The largest absolute Gasteiger partial charge is 0.488 e. The highest BCUT2D eigenvalue weighted by molar-refractivity contribution is 5.37. The number of nitrogens with one attached hydrogen (secondary N) is 1. The Morgan fingerprint density at radius 2 is 1.91 bits per heavy atom. The van der Waals surface area contributed by atoms with E-state index in [0.29, 0.717) is 12.0 Å². The van der Waals surface area contributed by atoms with Crippen LogP contribution in [-0.2, 0) is 12.8 Å². The number of para-hydroxylation sites is 1. The molecule has 0 saturated carbocycles. The van der Waals surface area contributed by atoms with Gasteiger partial charge in [0, 0.05) is 25.4 Å². The summed E-state index contributed by atoms with van der Waals surface area (Å²) in [4.78, 5) is 3.83. The van der Waals surface area contributed by atoms with Gasteiger partial charge in [0.05, 0.1) is 0 Å². The van der Waals surface area contributed by atoms with E-state index in [-0.39, 0.29) is 19.1 Å². The Morgan fingerprint density at radius 1 is 1.17 bits per heavy atom. The maximum atomic E-state index is 13.2. The summed E-state index contributed by atoms with van der Waals surface area (Å²) in [5.74, 6) is 0.761. The highest BCUT2D eigenvalue weighted by atomic mass is 19.4. The van der Waals surface area contributed by atoms with Gasteiger partial charge in [-0.15, -0.1) is 0 Å². The third-order valence-electron chi connectivity index (χ3n) is 3.89. The van der Waals surface area contributed by atoms with Crippen LogP contribution in [0.3, 0.4) is 0 Å². The molecule has 3 nitrogen and oxygen atoms in total. The van der Waals surface area contributed by atoms with Crippen molar-refractivity contribution < 1.29 is 17.9 Å². The summed E-state index contributed by atoms with van der Waals surface area (Å²) in [6.07, 6.45) is -1.07. The molecule has 2 atom stereocenters. The van der Waals surface area contributed by atoms with Crippen molar-refractivity contribution in [2.75, 3.05) is 6.54 Å². The number of nitrogens with zero attached hydrogens (tertiary/aromatic N) is 1. The Bertz CT molecular complexity index is 621. The van der Waals surface area contributed by atoms with E-state index >= 15 is 0 Å². The minimum Gasteiger partial charge on any atom is -0.488 e. The van der Waals surface area contributed by atoms with Crippen molar-refractivity contribution in [2.24, 2.45) is 0 Å². The second kappa shape index (κ2) is 6.58. The van der Waals surface area contributed by atoms with E-state index in [1.165, 1.54) is 12.4 Å². The molecule has 2 aromatic rings. The third kappa shape index (κ3) is 4.01. The Kier molecular flexibility index (Phi) is 4.52. The summed E-state index contributed by atoms with van der Waals surface area (Å²) in [5.41, 5.74) is 1.64. The van der Waals surface area contributed by atoms with Crippen LogP contribution >= 0.6 is 0 Å². The molecule has 2 heterocycles. The lowest BCUT2D eigenvalue weighted by atomic mass is 10.1. The molecule has 23 heavy (non-hydrogen) atoms. The van der Waals surface area contributed by atoms with Gasteiger partial charge in [-0.05, 0) is 35.7 Å². The molecule has 122 valence electrons. The van der Waals surface area contributed by atoms with Crippen molar-refractivity contribution in [3.63, 3.8) is 0 Å². The number of alkyl halides is 3. The molecular weight excluding hydrogens is 305 g/mol. The monoisotopic (exact) mass is 322 g/mol. The first-order valence-corrected chi connectivity index (χ1v) is 7.46. The normalized spacial score (nSPS) is 18.3. The molecule has 0 saturated heterocycles. The number of rotatable bonds is 5. The average Bonchev–Trinajstić information content (AvgIpc) is 2.94. The number of hydrogen-bond acceptors (Lipinski definition) is 3. The van der Waals surface area contributed by atoms with Gasteiger partial charge in [-0.2, -0.15) is 13.2 Å². The van der Waals surface area contributed by atoms with Crippen LogP contribution in [0, 0.1) is 0 Å². The molecule has 0 amide bonds. The number of aromatic nitrogens is 1. The van der Waals surface area contributed by atoms with Gasteiger partial charge >= 0.3 is 6.18 Å². The molecule has 1 aromatic carbocycles. The van der Waals surface area contributed by atoms with E-state index in [9.17, 15) is 13.2 Å². The zero-order valence-electron chi connectivity index (χ0n) is 12.4. The minimum absolute atomic E-state index is 0.119. The van der Waals surface area contributed by atoms with Crippen molar-refractivity contribution >= 4 is 0 Å². The van der Waals surface area contributed by atoms with Gasteiger partial charge < -0.3 is 10.1 Å². The molecule has 0 radical (unpaired) electrons. The topological polar surface area (TPSA) is 34.2 Å². The summed E-state index contributed by atoms with van der Waals surface area (Å²) in [5, 5.41) is 2.61. The average molecular weight is 322 g/mol. The van der Waals surface area contributed by atoms with Crippen LogP contribution in [0.5, 0.6) is 5.75 Å². The number of pyridine rings is 1. The lowest BCUT2D eigenvalue weighted by Gasteiger charge is -2.23. The molecule has 0 aliphatic carbocycles. The number of ether oxygens (including phenoxy) is 1. The van der Waals surface area contributed by atoms with Crippen LogP contribution in [0.25, 0.3) is 0 Å². The lowest BCUT2D eigenvalue weighted by molar-refractivity contribution is -0.156. The van der Waals surface area contributed by atoms with Crippen LogP contribution in [0.2, 0.25) is 0 Å². The molecule has 1 aliphatic heterocycles. The van der Waals surface area contributed by atoms with E-state index < -0.39 is 12.2 Å². The molecule has 3 rings (SSSR count). The van der Waals surface area contributed by atoms with Crippen molar-refractivity contribution in [3.05, 3.63) is 59.9 Å². The first-order chi connectivity index (χ1) is 11.0. The molecule has 0 unspecified atom stereocenters.